The summed E-state index contributed by atoms with van der Waals surface area (Å²) >= 11 is 3.27. The minimum Gasteiger partial charge on any atom is -0.506 e. The van der Waals surface area contributed by atoms with Crippen molar-refractivity contribution in [3.05, 3.63) is 22.7 Å². The molecule has 1 unspecified atom stereocenters. The first-order chi connectivity index (χ1) is 7.90. The molecular formula is C12H17BrN2O2. The molecule has 1 aromatic carbocycles. The molecule has 0 aliphatic heterocycles. The normalized spacial score (nSPS) is 12.5. The third-order valence-corrected chi connectivity index (χ3v) is 2.77. The lowest BCUT2D eigenvalue weighted by Crippen LogP contribution is -2.36. The van der Waals surface area contributed by atoms with E-state index in [4.69, 9.17) is 5.73 Å². The predicted molar refractivity (Wildman–Crippen MR) is 71.9 cm³/mol. The summed E-state index contributed by atoms with van der Waals surface area (Å²) in [6.45, 7) is 4.01. The number of phenolic OH excluding ortho intramolecular Hbond substituents is 1. The highest BCUT2D eigenvalue weighted by atomic mass is 79.9. The maximum Gasteiger partial charge on any atom is 0.241 e. The highest BCUT2D eigenvalue weighted by Gasteiger charge is 2.16. The van der Waals surface area contributed by atoms with Crippen LogP contribution in [-0.4, -0.2) is 17.1 Å². The van der Waals surface area contributed by atoms with E-state index in [0.717, 1.165) is 4.47 Å². The zero-order chi connectivity index (χ0) is 13.0. The molecule has 5 heteroatoms. The average Bonchev–Trinajstić information content (AvgIpc) is 2.22. The molecule has 0 radical (unpaired) electrons. The van der Waals surface area contributed by atoms with Crippen LogP contribution >= 0.6 is 15.9 Å². The van der Waals surface area contributed by atoms with Crippen molar-refractivity contribution in [3.63, 3.8) is 0 Å². The molecule has 0 aliphatic carbocycles. The number of hydrogen-bond donors (Lipinski definition) is 3. The van der Waals surface area contributed by atoms with Crippen LogP contribution in [0.3, 0.4) is 0 Å². The van der Waals surface area contributed by atoms with Crippen LogP contribution in [0.15, 0.2) is 22.7 Å². The smallest absolute Gasteiger partial charge is 0.241 e. The highest BCUT2D eigenvalue weighted by Crippen LogP contribution is 2.26. The van der Waals surface area contributed by atoms with E-state index >= 15 is 0 Å². The van der Waals surface area contributed by atoms with Gasteiger partial charge in [0, 0.05) is 4.47 Å². The van der Waals surface area contributed by atoms with Crippen molar-refractivity contribution in [2.45, 2.75) is 26.3 Å². The number of nitrogens with two attached hydrogens (primary N) is 1. The van der Waals surface area contributed by atoms with E-state index in [1.165, 1.54) is 6.07 Å². The number of hydrogen-bond acceptors (Lipinski definition) is 3. The number of anilines is 1. The van der Waals surface area contributed by atoms with Gasteiger partial charge in [-0.2, -0.15) is 0 Å². The first-order valence-corrected chi connectivity index (χ1v) is 6.24. The number of phenols is 1. The van der Waals surface area contributed by atoms with Crippen molar-refractivity contribution in [1.29, 1.82) is 0 Å². The van der Waals surface area contributed by atoms with Crippen molar-refractivity contribution in [2.24, 2.45) is 11.7 Å². The van der Waals surface area contributed by atoms with E-state index in [0.29, 0.717) is 18.0 Å². The number of amides is 1. The molecule has 0 spiro atoms. The maximum absolute atomic E-state index is 11.7. The first-order valence-electron chi connectivity index (χ1n) is 5.45. The molecule has 0 aliphatic rings. The molecule has 1 amide bonds. The molecular weight excluding hydrogens is 284 g/mol. The van der Waals surface area contributed by atoms with Gasteiger partial charge in [-0.25, -0.2) is 0 Å². The fourth-order valence-corrected chi connectivity index (χ4v) is 1.81. The molecule has 0 fully saturated rings. The molecule has 94 valence electrons. The van der Waals surface area contributed by atoms with Crippen molar-refractivity contribution in [2.75, 3.05) is 5.32 Å². The summed E-state index contributed by atoms with van der Waals surface area (Å²) in [6, 6.07) is 4.27. The number of halogens is 1. The van der Waals surface area contributed by atoms with Gasteiger partial charge in [0.1, 0.15) is 5.75 Å². The second-order valence-corrected chi connectivity index (χ2v) is 5.30. The molecule has 1 atom stereocenters. The SMILES string of the molecule is CC(C)CC(N)C(=O)Nc1cc(Br)ccc1O. The minimum absolute atomic E-state index is 0.0262. The van der Waals surface area contributed by atoms with Gasteiger partial charge in [-0.15, -0.1) is 0 Å². The molecule has 0 heterocycles. The molecule has 1 aromatic rings. The van der Waals surface area contributed by atoms with E-state index in [1.54, 1.807) is 12.1 Å². The Balaban J connectivity index is 2.70. The average molecular weight is 301 g/mol. The Hall–Kier alpha value is -1.07. The molecule has 17 heavy (non-hydrogen) atoms. The number of carbonyl (C=O) groups is 1. The lowest BCUT2D eigenvalue weighted by Gasteiger charge is -2.14. The number of benzene rings is 1. The van der Waals surface area contributed by atoms with Gasteiger partial charge in [-0.1, -0.05) is 29.8 Å². The Labute approximate surface area is 109 Å². The van der Waals surface area contributed by atoms with Crippen LogP contribution in [0.4, 0.5) is 5.69 Å². The van der Waals surface area contributed by atoms with Crippen LogP contribution in [-0.2, 0) is 4.79 Å². The number of rotatable bonds is 4. The summed E-state index contributed by atoms with van der Waals surface area (Å²) < 4.78 is 0.781. The molecule has 0 bridgehead atoms. The Morgan fingerprint density at radius 1 is 1.53 bits per heavy atom. The topological polar surface area (TPSA) is 75.4 Å². The van der Waals surface area contributed by atoms with Gasteiger partial charge in [0.05, 0.1) is 11.7 Å². The lowest BCUT2D eigenvalue weighted by molar-refractivity contribution is -0.117. The van der Waals surface area contributed by atoms with E-state index < -0.39 is 6.04 Å². The number of nitrogens with one attached hydrogen (secondary N) is 1. The van der Waals surface area contributed by atoms with Crippen LogP contribution in [0.2, 0.25) is 0 Å². The number of carbonyl (C=O) groups excluding carboxylic acids is 1. The summed E-state index contributed by atoms with van der Waals surface area (Å²) in [5, 5.41) is 12.2. The Bertz CT molecular complexity index is 407. The van der Waals surface area contributed by atoms with Crippen molar-refractivity contribution in [1.82, 2.24) is 0 Å². The Morgan fingerprint density at radius 3 is 2.76 bits per heavy atom. The molecule has 0 saturated heterocycles. The Morgan fingerprint density at radius 2 is 2.18 bits per heavy atom. The quantitative estimate of drug-likeness (QED) is 0.748. The van der Waals surface area contributed by atoms with Gasteiger partial charge >= 0.3 is 0 Å². The van der Waals surface area contributed by atoms with E-state index in [2.05, 4.69) is 21.2 Å². The fraction of sp³-hybridized carbons (Fsp3) is 0.417. The van der Waals surface area contributed by atoms with E-state index in [1.807, 2.05) is 13.8 Å². The summed E-state index contributed by atoms with van der Waals surface area (Å²) in [7, 11) is 0. The molecule has 1 rings (SSSR count). The highest BCUT2D eigenvalue weighted by molar-refractivity contribution is 9.10. The summed E-state index contributed by atoms with van der Waals surface area (Å²) in [6.07, 6.45) is 0.612. The predicted octanol–water partition coefficient (Wildman–Crippen LogP) is 2.47. The van der Waals surface area contributed by atoms with Crippen LogP contribution < -0.4 is 11.1 Å². The minimum atomic E-state index is -0.562. The molecule has 4 nitrogen and oxygen atoms in total. The third kappa shape index (κ3) is 4.36. The van der Waals surface area contributed by atoms with Gasteiger partial charge in [0.25, 0.3) is 0 Å². The summed E-state index contributed by atoms with van der Waals surface area (Å²) in [5.41, 5.74) is 6.11. The van der Waals surface area contributed by atoms with Gasteiger partial charge in [0.2, 0.25) is 5.91 Å². The van der Waals surface area contributed by atoms with Crippen molar-refractivity contribution >= 4 is 27.5 Å². The summed E-state index contributed by atoms with van der Waals surface area (Å²) in [4.78, 5) is 11.7. The molecule has 0 aromatic heterocycles. The second kappa shape index (κ2) is 6.02. The third-order valence-electron chi connectivity index (χ3n) is 2.28. The second-order valence-electron chi connectivity index (χ2n) is 4.39. The van der Waals surface area contributed by atoms with Crippen LogP contribution in [0.25, 0.3) is 0 Å². The molecule has 0 saturated carbocycles. The van der Waals surface area contributed by atoms with Crippen LogP contribution in [0.5, 0.6) is 5.75 Å². The lowest BCUT2D eigenvalue weighted by atomic mass is 10.0. The number of aromatic hydroxyl groups is 1. The van der Waals surface area contributed by atoms with Crippen LogP contribution in [0, 0.1) is 5.92 Å². The molecule has 4 N–H and O–H groups in total. The monoisotopic (exact) mass is 300 g/mol. The van der Waals surface area contributed by atoms with Crippen molar-refractivity contribution in [3.8, 4) is 5.75 Å². The van der Waals surface area contributed by atoms with Gasteiger partial charge < -0.3 is 16.2 Å². The van der Waals surface area contributed by atoms with E-state index in [-0.39, 0.29) is 11.7 Å². The fourth-order valence-electron chi connectivity index (χ4n) is 1.45. The zero-order valence-electron chi connectivity index (χ0n) is 9.90. The van der Waals surface area contributed by atoms with Gasteiger partial charge in [-0.3, -0.25) is 4.79 Å². The van der Waals surface area contributed by atoms with Crippen molar-refractivity contribution < 1.29 is 9.90 Å². The van der Waals surface area contributed by atoms with Crippen LogP contribution in [0.1, 0.15) is 20.3 Å². The van der Waals surface area contributed by atoms with E-state index in [9.17, 15) is 9.90 Å². The Kier molecular flexibility index (Phi) is 4.96. The zero-order valence-corrected chi connectivity index (χ0v) is 11.5. The maximum atomic E-state index is 11.7. The summed E-state index contributed by atoms with van der Waals surface area (Å²) in [5.74, 6) is 0.0947. The van der Waals surface area contributed by atoms with Gasteiger partial charge in [0.15, 0.2) is 0 Å². The van der Waals surface area contributed by atoms with Gasteiger partial charge in [-0.05, 0) is 30.5 Å². The first kappa shape index (κ1) is 14.0. The largest absolute Gasteiger partial charge is 0.506 e. The standard InChI is InChI=1S/C12H17BrN2O2/c1-7(2)5-9(14)12(17)15-10-6-8(13)3-4-11(10)16/h3-4,6-7,9,16H,5,14H2,1-2H3,(H,15,17).